The van der Waals surface area contributed by atoms with E-state index < -0.39 is 4.92 Å². The van der Waals surface area contributed by atoms with Gasteiger partial charge in [-0.05, 0) is 35.8 Å². The summed E-state index contributed by atoms with van der Waals surface area (Å²) in [5, 5.41) is 13.7. The van der Waals surface area contributed by atoms with Crippen molar-refractivity contribution in [2.75, 3.05) is 19.0 Å². The summed E-state index contributed by atoms with van der Waals surface area (Å²) in [7, 11) is 1.65. The SMILES string of the molecule is COC(C)(C)CNc1ccc([N+](=O)[O-])cc1Br. The highest BCUT2D eigenvalue weighted by atomic mass is 79.9. The molecule has 0 aromatic heterocycles. The minimum atomic E-state index is -0.423. The van der Waals surface area contributed by atoms with E-state index in [2.05, 4.69) is 21.2 Å². The zero-order valence-corrected chi connectivity index (χ0v) is 11.6. The Morgan fingerprint density at radius 1 is 1.53 bits per heavy atom. The average Bonchev–Trinajstić information content (AvgIpc) is 2.27. The predicted octanol–water partition coefficient (Wildman–Crippen LogP) is 3.19. The van der Waals surface area contributed by atoms with Crippen LogP contribution in [0.25, 0.3) is 0 Å². The fourth-order valence-corrected chi connectivity index (χ4v) is 1.65. The molecule has 0 aliphatic rings. The Balaban J connectivity index is 2.77. The molecule has 0 heterocycles. The molecule has 0 atom stereocenters. The van der Waals surface area contributed by atoms with Crippen LogP contribution >= 0.6 is 15.9 Å². The lowest BCUT2D eigenvalue weighted by Crippen LogP contribution is -2.32. The van der Waals surface area contributed by atoms with Crippen LogP contribution in [-0.2, 0) is 4.74 Å². The van der Waals surface area contributed by atoms with Gasteiger partial charge in [0.15, 0.2) is 0 Å². The number of hydrogen-bond acceptors (Lipinski definition) is 4. The number of nitrogens with zero attached hydrogens (tertiary/aromatic N) is 1. The molecule has 1 aromatic carbocycles. The Morgan fingerprint density at radius 2 is 2.18 bits per heavy atom. The first-order valence-electron chi connectivity index (χ1n) is 5.09. The van der Waals surface area contributed by atoms with Crippen molar-refractivity contribution in [1.82, 2.24) is 0 Å². The zero-order valence-electron chi connectivity index (χ0n) is 9.99. The van der Waals surface area contributed by atoms with E-state index in [0.29, 0.717) is 11.0 Å². The Morgan fingerprint density at radius 3 is 2.65 bits per heavy atom. The summed E-state index contributed by atoms with van der Waals surface area (Å²) in [6.45, 7) is 4.53. The molecule has 1 aromatic rings. The van der Waals surface area contributed by atoms with Crippen LogP contribution in [0.3, 0.4) is 0 Å². The van der Waals surface area contributed by atoms with Crippen molar-refractivity contribution in [1.29, 1.82) is 0 Å². The summed E-state index contributed by atoms with van der Waals surface area (Å²) >= 11 is 3.30. The number of nitro groups is 1. The second kappa shape index (κ2) is 5.46. The summed E-state index contributed by atoms with van der Waals surface area (Å²) in [6.07, 6.45) is 0. The van der Waals surface area contributed by atoms with Crippen molar-refractivity contribution < 1.29 is 9.66 Å². The van der Waals surface area contributed by atoms with E-state index in [-0.39, 0.29) is 11.3 Å². The van der Waals surface area contributed by atoms with Crippen LogP contribution in [0.2, 0.25) is 0 Å². The fraction of sp³-hybridized carbons (Fsp3) is 0.455. The molecule has 0 aliphatic heterocycles. The molecular formula is C11H15BrN2O3. The molecule has 1 N–H and O–H groups in total. The summed E-state index contributed by atoms with van der Waals surface area (Å²) in [5.41, 5.74) is 0.579. The van der Waals surface area contributed by atoms with Gasteiger partial charge in [0.1, 0.15) is 0 Å². The lowest BCUT2D eigenvalue weighted by molar-refractivity contribution is -0.384. The van der Waals surface area contributed by atoms with E-state index in [1.807, 2.05) is 13.8 Å². The monoisotopic (exact) mass is 302 g/mol. The fourth-order valence-electron chi connectivity index (χ4n) is 1.14. The molecule has 0 saturated heterocycles. The van der Waals surface area contributed by atoms with Gasteiger partial charge in [0, 0.05) is 35.9 Å². The zero-order chi connectivity index (χ0) is 13.1. The van der Waals surface area contributed by atoms with E-state index in [9.17, 15) is 10.1 Å². The van der Waals surface area contributed by atoms with Gasteiger partial charge in [-0.2, -0.15) is 0 Å². The van der Waals surface area contributed by atoms with Gasteiger partial charge in [0.2, 0.25) is 0 Å². The number of non-ortho nitro benzene ring substituents is 1. The largest absolute Gasteiger partial charge is 0.381 e. The smallest absolute Gasteiger partial charge is 0.270 e. The number of rotatable bonds is 5. The van der Waals surface area contributed by atoms with Crippen LogP contribution in [0.4, 0.5) is 11.4 Å². The number of hydrogen-bond donors (Lipinski definition) is 1. The molecule has 17 heavy (non-hydrogen) atoms. The number of halogens is 1. The predicted molar refractivity (Wildman–Crippen MR) is 70.4 cm³/mol. The maximum absolute atomic E-state index is 10.6. The first-order chi connectivity index (χ1) is 7.85. The number of nitro benzene ring substituents is 1. The van der Waals surface area contributed by atoms with Gasteiger partial charge in [-0.3, -0.25) is 10.1 Å². The van der Waals surface area contributed by atoms with Crippen LogP contribution in [0.1, 0.15) is 13.8 Å². The van der Waals surface area contributed by atoms with E-state index in [1.165, 1.54) is 12.1 Å². The molecule has 0 amide bonds. The highest BCUT2D eigenvalue weighted by molar-refractivity contribution is 9.10. The Labute approximate surface area is 108 Å². The first kappa shape index (κ1) is 13.9. The van der Waals surface area contributed by atoms with Crippen molar-refractivity contribution in [3.8, 4) is 0 Å². The third kappa shape index (κ3) is 3.98. The molecule has 0 fully saturated rings. The molecule has 0 spiro atoms. The van der Waals surface area contributed by atoms with Crippen LogP contribution < -0.4 is 5.32 Å². The van der Waals surface area contributed by atoms with E-state index in [4.69, 9.17) is 4.74 Å². The molecule has 0 saturated carbocycles. The Hall–Kier alpha value is -1.14. The molecule has 94 valence electrons. The summed E-state index contributed by atoms with van der Waals surface area (Å²) in [6, 6.07) is 4.61. The van der Waals surface area contributed by atoms with Crippen molar-refractivity contribution in [2.45, 2.75) is 19.4 Å². The maximum atomic E-state index is 10.6. The quantitative estimate of drug-likeness (QED) is 0.670. The third-order valence-electron chi connectivity index (χ3n) is 2.42. The first-order valence-corrected chi connectivity index (χ1v) is 5.88. The topological polar surface area (TPSA) is 64.4 Å². The summed E-state index contributed by atoms with van der Waals surface area (Å²) < 4.78 is 5.94. The number of nitrogens with one attached hydrogen (secondary N) is 1. The van der Waals surface area contributed by atoms with Gasteiger partial charge < -0.3 is 10.1 Å². The van der Waals surface area contributed by atoms with Crippen molar-refractivity contribution >= 4 is 27.3 Å². The summed E-state index contributed by atoms with van der Waals surface area (Å²) in [5.74, 6) is 0. The second-order valence-electron chi connectivity index (χ2n) is 4.24. The lowest BCUT2D eigenvalue weighted by atomic mass is 10.1. The second-order valence-corrected chi connectivity index (χ2v) is 5.09. The van der Waals surface area contributed by atoms with Crippen molar-refractivity contribution in [3.05, 3.63) is 32.8 Å². The van der Waals surface area contributed by atoms with Gasteiger partial charge in [0.05, 0.1) is 10.5 Å². The van der Waals surface area contributed by atoms with Crippen LogP contribution in [0, 0.1) is 10.1 Å². The van der Waals surface area contributed by atoms with Gasteiger partial charge in [-0.15, -0.1) is 0 Å². The van der Waals surface area contributed by atoms with Gasteiger partial charge >= 0.3 is 0 Å². The van der Waals surface area contributed by atoms with E-state index >= 15 is 0 Å². The molecule has 1 rings (SSSR count). The van der Waals surface area contributed by atoms with Crippen LogP contribution in [-0.4, -0.2) is 24.2 Å². The highest BCUT2D eigenvalue weighted by Crippen LogP contribution is 2.27. The molecule has 5 nitrogen and oxygen atoms in total. The molecule has 0 bridgehead atoms. The van der Waals surface area contributed by atoms with Crippen LogP contribution in [0.5, 0.6) is 0 Å². The number of ether oxygens (including phenoxy) is 1. The van der Waals surface area contributed by atoms with Gasteiger partial charge in [0.25, 0.3) is 5.69 Å². The molecule has 0 radical (unpaired) electrons. The normalized spacial score (nSPS) is 11.3. The molecular weight excluding hydrogens is 288 g/mol. The molecule has 6 heteroatoms. The van der Waals surface area contributed by atoms with E-state index in [1.54, 1.807) is 13.2 Å². The highest BCUT2D eigenvalue weighted by Gasteiger charge is 2.17. The maximum Gasteiger partial charge on any atom is 0.270 e. The van der Waals surface area contributed by atoms with E-state index in [0.717, 1.165) is 5.69 Å². The Bertz CT molecular complexity index is 421. The number of anilines is 1. The van der Waals surface area contributed by atoms with Crippen molar-refractivity contribution in [2.24, 2.45) is 0 Å². The Kier molecular flexibility index (Phi) is 4.47. The third-order valence-corrected chi connectivity index (χ3v) is 3.08. The van der Waals surface area contributed by atoms with Crippen LogP contribution in [0.15, 0.2) is 22.7 Å². The summed E-state index contributed by atoms with van der Waals surface area (Å²) in [4.78, 5) is 10.1. The minimum absolute atomic E-state index is 0.0634. The average molecular weight is 303 g/mol. The van der Waals surface area contributed by atoms with Crippen molar-refractivity contribution in [3.63, 3.8) is 0 Å². The van der Waals surface area contributed by atoms with Gasteiger partial charge in [-0.25, -0.2) is 0 Å². The lowest BCUT2D eigenvalue weighted by Gasteiger charge is -2.24. The number of methoxy groups -OCH3 is 1. The van der Waals surface area contributed by atoms with Gasteiger partial charge in [-0.1, -0.05) is 0 Å². The molecule has 0 unspecified atom stereocenters. The standard InChI is InChI=1S/C11H15BrN2O3/c1-11(2,17-3)7-13-10-5-4-8(14(15)16)6-9(10)12/h4-6,13H,7H2,1-3H3. The number of benzene rings is 1. The molecule has 0 aliphatic carbocycles. The minimum Gasteiger partial charge on any atom is -0.381 e.